The third-order valence-corrected chi connectivity index (χ3v) is 3.81. The second-order valence-electron chi connectivity index (χ2n) is 4.11. The van der Waals surface area contributed by atoms with Crippen LogP contribution in [0.1, 0.15) is 5.56 Å². The number of nitrogens with two attached hydrogens (primary N) is 1. The number of halogens is 1. The summed E-state index contributed by atoms with van der Waals surface area (Å²) in [5.74, 6) is 0. The maximum atomic E-state index is 5.83. The molecule has 0 bridgehead atoms. The number of rotatable bonds is 2. The lowest BCUT2D eigenvalue weighted by Crippen LogP contribution is -2.14. The molecule has 0 aliphatic rings. The standard InChI is InChI=1S/C14H10BrN3S/c15-10-5-3-7-12(13(10)14(16)19)18-11-6-2-1-4-9(11)8-17-18/h1-8H,(H2,16,19). The van der Waals surface area contributed by atoms with Gasteiger partial charge in [0.15, 0.2) is 0 Å². The van der Waals surface area contributed by atoms with E-state index in [0.717, 1.165) is 26.6 Å². The summed E-state index contributed by atoms with van der Waals surface area (Å²) in [6.45, 7) is 0. The lowest BCUT2D eigenvalue weighted by atomic mass is 10.1. The van der Waals surface area contributed by atoms with Crippen LogP contribution in [-0.4, -0.2) is 14.8 Å². The monoisotopic (exact) mass is 331 g/mol. The molecular formula is C14H10BrN3S. The molecule has 3 nitrogen and oxygen atoms in total. The van der Waals surface area contributed by atoms with Crippen LogP contribution < -0.4 is 5.73 Å². The summed E-state index contributed by atoms with van der Waals surface area (Å²) in [4.78, 5) is 0.349. The molecule has 0 aliphatic carbocycles. The van der Waals surface area contributed by atoms with Crippen LogP contribution in [0.2, 0.25) is 0 Å². The number of benzene rings is 2. The predicted octanol–water partition coefficient (Wildman–Crippen LogP) is 3.42. The topological polar surface area (TPSA) is 43.8 Å². The zero-order chi connectivity index (χ0) is 13.4. The van der Waals surface area contributed by atoms with Gasteiger partial charge >= 0.3 is 0 Å². The number of para-hydroxylation sites is 1. The summed E-state index contributed by atoms with van der Waals surface area (Å²) in [5, 5.41) is 5.51. The first kappa shape index (κ1) is 12.3. The van der Waals surface area contributed by atoms with Gasteiger partial charge in [-0.25, -0.2) is 4.68 Å². The molecule has 3 rings (SSSR count). The van der Waals surface area contributed by atoms with E-state index < -0.39 is 0 Å². The third kappa shape index (κ3) is 2.05. The number of fused-ring (bicyclic) bond motifs is 1. The molecule has 5 heteroatoms. The second kappa shape index (κ2) is 4.75. The van der Waals surface area contributed by atoms with E-state index in [2.05, 4.69) is 21.0 Å². The van der Waals surface area contributed by atoms with Crippen molar-refractivity contribution in [1.29, 1.82) is 0 Å². The van der Waals surface area contributed by atoms with Crippen molar-refractivity contribution in [2.75, 3.05) is 0 Å². The highest BCUT2D eigenvalue weighted by atomic mass is 79.9. The van der Waals surface area contributed by atoms with Crippen LogP contribution in [0.3, 0.4) is 0 Å². The van der Waals surface area contributed by atoms with Gasteiger partial charge in [0.25, 0.3) is 0 Å². The van der Waals surface area contributed by atoms with E-state index in [9.17, 15) is 0 Å². The molecule has 0 saturated heterocycles. The Morgan fingerprint density at radius 1 is 1.16 bits per heavy atom. The van der Waals surface area contributed by atoms with Gasteiger partial charge in [0, 0.05) is 15.4 Å². The fourth-order valence-corrected chi connectivity index (χ4v) is 3.01. The van der Waals surface area contributed by atoms with Crippen LogP contribution in [0.4, 0.5) is 0 Å². The van der Waals surface area contributed by atoms with Gasteiger partial charge in [-0.2, -0.15) is 5.10 Å². The van der Waals surface area contributed by atoms with Crippen molar-refractivity contribution in [2.24, 2.45) is 5.73 Å². The Morgan fingerprint density at radius 3 is 2.74 bits per heavy atom. The maximum Gasteiger partial charge on any atom is 0.107 e. The molecule has 0 aliphatic heterocycles. The normalized spacial score (nSPS) is 10.8. The summed E-state index contributed by atoms with van der Waals surface area (Å²) in [5.41, 5.74) is 8.53. The molecule has 0 atom stereocenters. The summed E-state index contributed by atoms with van der Waals surface area (Å²) in [6.07, 6.45) is 1.83. The number of aromatic nitrogens is 2. The Kier molecular flexibility index (Phi) is 3.08. The third-order valence-electron chi connectivity index (χ3n) is 2.94. The number of nitrogens with zero attached hydrogens (tertiary/aromatic N) is 2. The molecule has 0 amide bonds. The Morgan fingerprint density at radius 2 is 1.95 bits per heavy atom. The van der Waals surface area contributed by atoms with E-state index in [4.69, 9.17) is 18.0 Å². The highest BCUT2D eigenvalue weighted by Crippen LogP contribution is 2.26. The molecule has 3 aromatic rings. The van der Waals surface area contributed by atoms with Crippen molar-refractivity contribution in [1.82, 2.24) is 9.78 Å². The number of hydrogen-bond donors (Lipinski definition) is 1. The Balaban J connectivity index is 2.33. The van der Waals surface area contributed by atoms with Crippen molar-refractivity contribution in [2.45, 2.75) is 0 Å². The summed E-state index contributed by atoms with van der Waals surface area (Å²) >= 11 is 8.63. The molecule has 19 heavy (non-hydrogen) atoms. The van der Waals surface area contributed by atoms with Gasteiger partial charge < -0.3 is 5.73 Å². The molecule has 0 saturated carbocycles. The maximum absolute atomic E-state index is 5.83. The first-order valence-corrected chi connectivity index (χ1v) is 6.90. The second-order valence-corrected chi connectivity index (χ2v) is 5.41. The lowest BCUT2D eigenvalue weighted by Gasteiger charge is -2.11. The largest absolute Gasteiger partial charge is 0.389 e. The highest BCUT2D eigenvalue weighted by Gasteiger charge is 2.13. The van der Waals surface area contributed by atoms with E-state index in [1.807, 2.05) is 53.3 Å². The quantitative estimate of drug-likeness (QED) is 0.732. The van der Waals surface area contributed by atoms with Crippen LogP contribution in [0.15, 0.2) is 53.1 Å². The fourth-order valence-electron chi connectivity index (χ4n) is 2.10. The molecule has 1 heterocycles. The Labute approximate surface area is 124 Å². The first-order valence-electron chi connectivity index (χ1n) is 5.70. The first-order chi connectivity index (χ1) is 9.18. The van der Waals surface area contributed by atoms with Crippen molar-refractivity contribution in [3.05, 3.63) is 58.7 Å². The average molecular weight is 332 g/mol. The summed E-state index contributed by atoms with van der Waals surface area (Å²) in [6, 6.07) is 13.8. The summed E-state index contributed by atoms with van der Waals surface area (Å²) in [7, 11) is 0. The summed E-state index contributed by atoms with van der Waals surface area (Å²) < 4.78 is 2.73. The Hall–Kier alpha value is -1.72. The van der Waals surface area contributed by atoms with Crippen LogP contribution in [0.25, 0.3) is 16.6 Å². The van der Waals surface area contributed by atoms with Crippen LogP contribution >= 0.6 is 28.1 Å². The van der Waals surface area contributed by atoms with E-state index in [1.54, 1.807) is 0 Å². The minimum atomic E-state index is 0.349. The lowest BCUT2D eigenvalue weighted by molar-refractivity contribution is 0.908. The Bertz CT molecular complexity index is 779. The van der Waals surface area contributed by atoms with Gasteiger partial charge in [-0.3, -0.25) is 0 Å². The van der Waals surface area contributed by atoms with Crippen LogP contribution in [0.5, 0.6) is 0 Å². The SMILES string of the molecule is NC(=S)c1c(Br)cccc1-n1ncc2ccccc21. The van der Waals surface area contributed by atoms with Gasteiger partial charge in [-0.1, -0.05) is 36.5 Å². The van der Waals surface area contributed by atoms with E-state index in [1.165, 1.54) is 0 Å². The molecule has 0 fully saturated rings. The smallest absolute Gasteiger partial charge is 0.107 e. The van der Waals surface area contributed by atoms with Crippen molar-refractivity contribution in [3.8, 4) is 5.69 Å². The molecule has 2 N–H and O–H groups in total. The number of thiocarbonyl (C=S) groups is 1. The van der Waals surface area contributed by atoms with E-state index in [0.29, 0.717) is 4.99 Å². The molecule has 94 valence electrons. The molecule has 0 radical (unpaired) electrons. The van der Waals surface area contributed by atoms with Crippen molar-refractivity contribution >= 4 is 44.0 Å². The minimum Gasteiger partial charge on any atom is -0.389 e. The number of hydrogen-bond acceptors (Lipinski definition) is 2. The van der Waals surface area contributed by atoms with E-state index in [-0.39, 0.29) is 0 Å². The zero-order valence-corrected chi connectivity index (χ0v) is 12.3. The van der Waals surface area contributed by atoms with Crippen LogP contribution in [-0.2, 0) is 0 Å². The van der Waals surface area contributed by atoms with Gasteiger partial charge in [0.1, 0.15) is 4.99 Å². The highest BCUT2D eigenvalue weighted by molar-refractivity contribution is 9.10. The molecule has 1 aromatic heterocycles. The molecule has 0 spiro atoms. The molecular weight excluding hydrogens is 322 g/mol. The van der Waals surface area contributed by atoms with Crippen molar-refractivity contribution < 1.29 is 0 Å². The van der Waals surface area contributed by atoms with Crippen molar-refractivity contribution in [3.63, 3.8) is 0 Å². The van der Waals surface area contributed by atoms with Gasteiger partial charge in [-0.05, 0) is 34.1 Å². The molecule has 0 unspecified atom stereocenters. The molecule has 2 aromatic carbocycles. The fraction of sp³-hybridized carbons (Fsp3) is 0. The minimum absolute atomic E-state index is 0.349. The van der Waals surface area contributed by atoms with Gasteiger partial charge in [0.2, 0.25) is 0 Å². The van der Waals surface area contributed by atoms with Crippen LogP contribution in [0, 0.1) is 0 Å². The zero-order valence-electron chi connectivity index (χ0n) is 9.88. The predicted molar refractivity (Wildman–Crippen MR) is 84.7 cm³/mol. The van der Waals surface area contributed by atoms with Gasteiger partial charge in [0.05, 0.1) is 17.4 Å². The van der Waals surface area contributed by atoms with Gasteiger partial charge in [-0.15, -0.1) is 0 Å². The van der Waals surface area contributed by atoms with E-state index >= 15 is 0 Å². The average Bonchev–Trinajstić information content (AvgIpc) is 2.81.